The van der Waals surface area contributed by atoms with Crippen LogP contribution in [0.2, 0.25) is 0 Å². The van der Waals surface area contributed by atoms with E-state index in [0.29, 0.717) is 23.3 Å². The molecule has 0 amide bonds. The van der Waals surface area contributed by atoms with E-state index < -0.39 is 0 Å². The Bertz CT molecular complexity index is 2440. The van der Waals surface area contributed by atoms with E-state index in [9.17, 15) is 0 Å². The summed E-state index contributed by atoms with van der Waals surface area (Å²) in [5, 5.41) is 0. The SMILES string of the molecule is Cc1cccc(C)c1B1c2ccccc2B(c2c(C)cccc2C)c2c3[c-]c(cc21)-c1cccc(n1)Oc1cccc(n1)-c1[c-]c(ccc1)O3.[Pt+2]. The molecule has 4 nitrogen and oxygen atoms in total. The van der Waals surface area contributed by atoms with Gasteiger partial charge in [0.25, 0.3) is 0 Å². The summed E-state index contributed by atoms with van der Waals surface area (Å²) in [6, 6.07) is 49.1. The molecule has 2 aliphatic heterocycles. The van der Waals surface area contributed by atoms with Crippen molar-refractivity contribution in [3.05, 3.63) is 156 Å². The zero-order valence-corrected chi connectivity index (χ0v) is 31.0. The van der Waals surface area contributed by atoms with E-state index in [1.807, 2.05) is 54.6 Å². The molecule has 0 spiro atoms. The number of aromatic nitrogens is 2. The van der Waals surface area contributed by atoms with Crippen molar-refractivity contribution in [3.8, 4) is 45.8 Å². The summed E-state index contributed by atoms with van der Waals surface area (Å²) < 4.78 is 13.3. The molecule has 0 radical (unpaired) electrons. The first-order valence-electron chi connectivity index (χ1n) is 17.1. The molecule has 0 saturated carbocycles. The Hall–Kier alpha value is -5.18. The van der Waals surface area contributed by atoms with Crippen molar-refractivity contribution in [1.82, 2.24) is 9.97 Å². The number of pyridine rings is 2. The van der Waals surface area contributed by atoms with E-state index in [1.54, 1.807) is 0 Å². The van der Waals surface area contributed by atoms with Gasteiger partial charge in [-0.2, -0.15) is 5.46 Å². The van der Waals surface area contributed by atoms with Crippen molar-refractivity contribution >= 4 is 46.2 Å². The van der Waals surface area contributed by atoms with Gasteiger partial charge in [0.15, 0.2) is 6.71 Å². The smallest absolute Gasteiger partial charge is 0.497 e. The maximum Gasteiger partial charge on any atom is 2.00 e. The van der Waals surface area contributed by atoms with Crippen LogP contribution in [0.3, 0.4) is 0 Å². The summed E-state index contributed by atoms with van der Waals surface area (Å²) in [5.74, 6) is 2.17. The first kappa shape index (κ1) is 33.0. The average Bonchev–Trinajstić information content (AvgIpc) is 3.12. The Morgan fingerprint density at radius 1 is 0.471 bits per heavy atom. The van der Waals surface area contributed by atoms with E-state index in [0.717, 1.165) is 28.0 Å². The summed E-state index contributed by atoms with van der Waals surface area (Å²) >= 11 is 0. The number of ether oxygens (including phenoxy) is 2. The van der Waals surface area contributed by atoms with Gasteiger partial charge in [-0.05, 0) is 51.2 Å². The van der Waals surface area contributed by atoms with Crippen molar-refractivity contribution in [2.45, 2.75) is 27.7 Å². The van der Waals surface area contributed by atoms with Crippen LogP contribution in [0.15, 0.2) is 121 Å². The fourth-order valence-electron chi connectivity index (χ4n) is 8.00. The average molecular weight is 837 g/mol. The molecule has 2 aliphatic rings. The van der Waals surface area contributed by atoms with Crippen LogP contribution < -0.4 is 42.3 Å². The molecule has 0 saturated heterocycles. The van der Waals surface area contributed by atoms with Gasteiger partial charge in [0.05, 0.1) is 0 Å². The molecule has 8 bridgehead atoms. The molecule has 7 aromatic rings. The molecule has 2 aromatic heterocycles. The first-order chi connectivity index (χ1) is 24.4. The Morgan fingerprint density at radius 2 is 1.00 bits per heavy atom. The van der Waals surface area contributed by atoms with Gasteiger partial charge in [0.1, 0.15) is 0 Å². The number of hydrogen-bond acceptors (Lipinski definition) is 4. The zero-order valence-electron chi connectivity index (χ0n) is 28.7. The summed E-state index contributed by atoms with van der Waals surface area (Å²) in [5.41, 5.74) is 15.6. The Balaban J connectivity index is 0.00000374. The third-order valence-corrected chi connectivity index (χ3v) is 10.2. The van der Waals surface area contributed by atoms with Crippen LogP contribution in [0.5, 0.6) is 23.3 Å². The van der Waals surface area contributed by atoms with Gasteiger partial charge in [0.2, 0.25) is 18.5 Å². The number of nitrogens with zero attached hydrogens (tertiary/aromatic N) is 2. The van der Waals surface area contributed by atoms with Crippen molar-refractivity contribution in [1.29, 1.82) is 0 Å². The van der Waals surface area contributed by atoms with Crippen LogP contribution in [0.1, 0.15) is 22.3 Å². The van der Waals surface area contributed by atoms with Crippen molar-refractivity contribution in [2.75, 3.05) is 0 Å². The molecule has 9 rings (SSSR count). The van der Waals surface area contributed by atoms with Crippen molar-refractivity contribution in [2.24, 2.45) is 0 Å². The molecule has 0 N–H and O–H groups in total. The number of benzene rings is 5. The van der Waals surface area contributed by atoms with Gasteiger partial charge in [-0.1, -0.05) is 141 Å². The van der Waals surface area contributed by atoms with E-state index in [-0.39, 0.29) is 34.5 Å². The third-order valence-electron chi connectivity index (χ3n) is 10.2. The van der Waals surface area contributed by atoms with E-state index in [2.05, 4.69) is 107 Å². The van der Waals surface area contributed by atoms with Crippen LogP contribution in [-0.2, 0) is 21.1 Å². The number of fused-ring (bicyclic) bond motifs is 13. The summed E-state index contributed by atoms with van der Waals surface area (Å²) in [6.07, 6.45) is 0. The minimum atomic E-state index is -0.0914. The second kappa shape index (κ2) is 13.2. The maximum absolute atomic E-state index is 7.04. The standard InChI is InChI=1S/C44H32B2N2O2.Pt/c1-27-12-7-13-28(2)42(27)45-34-18-5-6-19-35(34)46(43-29(3)14-8-15-30(43)4)44-36(45)25-32-26-39(44)49-33-17-9-16-31(24-33)37-20-10-22-40(47-37)50-41-23-11-21-38(32)48-41;/h5-23,25H,1-4H3;/q-2;+2. The quantitative estimate of drug-likeness (QED) is 0.161. The van der Waals surface area contributed by atoms with E-state index in [1.165, 1.54) is 49.6 Å². The van der Waals surface area contributed by atoms with Crippen molar-refractivity contribution < 1.29 is 30.5 Å². The predicted molar refractivity (Wildman–Crippen MR) is 205 cm³/mol. The fourth-order valence-corrected chi connectivity index (χ4v) is 8.00. The molecule has 7 heteroatoms. The van der Waals surface area contributed by atoms with Crippen LogP contribution in [-0.4, -0.2) is 23.4 Å². The monoisotopic (exact) mass is 837 g/mol. The molecule has 0 atom stereocenters. The van der Waals surface area contributed by atoms with Gasteiger partial charge in [0, 0.05) is 11.5 Å². The molecular weight excluding hydrogens is 805 g/mol. The molecule has 51 heavy (non-hydrogen) atoms. The minimum Gasteiger partial charge on any atom is -0.497 e. The maximum atomic E-state index is 7.04. The van der Waals surface area contributed by atoms with E-state index >= 15 is 0 Å². The van der Waals surface area contributed by atoms with Gasteiger partial charge in [-0.3, -0.25) is 9.97 Å². The zero-order chi connectivity index (χ0) is 33.9. The Morgan fingerprint density at radius 3 is 1.63 bits per heavy atom. The normalized spacial score (nSPS) is 12.4. The van der Waals surface area contributed by atoms with Gasteiger partial charge >= 0.3 is 21.1 Å². The predicted octanol–water partition coefficient (Wildman–Crippen LogP) is 5.89. The van der Waals surface area contributed by atoms with Crippen LogP contribution in [0.4, 0.5) is 0 Å². The van der Waals surface area contributed by atoms with Gasteiger partial charge in [-0.15, -0.1) is 40.9 Å². The molecule has 0 unspecified atom stereocenters. The molecule has 5 aromatic carbocycles. The molecule has 246 valence electrons. The number of hydrogen-bond donors (Lipinski definition) is 0. The molecule has 0 aliphatic carbocycles. The molecule has 0 fully saturated rings. The second-order valence-corrected chi connectivity index (χ2v) is 13.3. The Labute approximate surface area is 314 Å². The molecule has 4 heterocycles. The van der Waals surface area contributed by atoms with Crippen molar-refractivity contribution in [3.63, 3.8) is 0 Å². The summed E-state index contributed by atoms with van der Waals surface area (Å²) in [4.78, 5) is 9.78. The number of aryl methyl sites for hydroxylation is 4. The van der Waals surface area contributed by atoms with Gasteiger partial charge in [-0.25, -0.2) is 0 Å². The van der Waals surface area contributed by atoms with Crippen LogP contribution in [0.25, 0.3) is 22.5 Å². The fraction of sp³-hybridized carbons (Fsp3) is 0.0909. The summed E-state index contributed by atoms with van der Waals surface area (Å²) in [7, 11) is 0. The summed E-state index contributed by atoms with van der Waals surface area (Å²) in [6.45, 7) is 8.74. The minimum absolute atomic E-state index is 0. The first-order valence-corrected chi connectivity index (χ1v) is 17.1. The van der Waals surface area contributed by atoms with E-state index in [4.69, 9.17) is 19.4 Å². The largest absolute Gasteiger partial charge is 2.00 e. The van der Waals surface area contributed by atoms with Crippen LogP contribution in [0, 0.1) is 39.8 Å². The topological polar surface area (TPSA) is 44.2 Å². The van der Waals surface area contributed by atoms with Crippen LogP contribution >= 0.6 is 0 Å². The Kier molecular flexibility index (Phi) is 8.52. The van der Waals surface area contributed by atoms with Gasteiger partial charge < -0.3 is 9.47 Å². The second-order valence-electron chi connectivity index (χ2n) is 13.3. The number of rotatable bonds is 2. The third kappa shape index (κ3) is 5.72. The molecular formula is C44H32B2N2O2Pt.